The highest BCUT2D eigenvalue weighted by molar-refractivity contribution is 6.00. The SMILES string of the molecule is CCCC(=O)NCc1ccc2c(c1)CC(=O)N2C. The van der Waals surface area contributed by atoms with Gasteiger partial charge in [-0.15, -0.1) is 0 Å². The van der Waals surface area contributed by atoms with Crippen LogP contribution in [0.25, 0.3) is 0 Å². The van der Waals surface area contributed by atoms with E-state index in [0.717, 1.165) is 23.2 Å². The maximum atomic E-state index is 11.5. The van der Waals surface area contributed by atoms with Gasteiger partial charge in [-0.2, -0.15) is 0 Å². The molecule has 0 radical (unpaired) electrons. The summed E-state index contributed by atoms with van der Waals surface area (Å²) in [6, 6.07) is 5.91. The second-order valence-corrected chi connectivity index (χ2v) is 4.62. The van der Waals surface area contributed by atoms with Crippen molar-refractivity contribution >= 4 is 17.5 Å². The molecule has 0 unspecified atom stereocenters. The van der Waals surface area contributed by atoms with Crippen LogP contribution in [0.1, 0.15) is 30.9 Å². The lowest BCUT2D eigenvalue weighted by Gasteiger charge is -2.11. The molecule has 18 heavy (non-hydrogen) atoms. The zero-order chi connectivity index (χ0) is 13.1. The Morgan fingerprint density at radius 2 is 2.22 bits per heavy atom. The molecule has 1 N–H and O–H groups in total. The highest BCUT2D eigenvalue weighted by atomic mass is 16.2. The molecule has 0 saturated heterocycles. The first-order valence-corrected chi connectivity index (χ1v) is 6.27. The molecule has 0 saturated carbocycles. The molecule has 1 aromatic carbocycles. The Morgan fingerprint density at radius 3 is 2.94 bits per heavy atom. The van der Waals surface area contributed by atoms with E-state index < -0.39 is 0 Å². The molecule has 4 nitrogen and oxygen atoms in total. The van der Waals surface area contributed by atoms with Crippen LogP contribution >= 0.6 is 0 Å². The highest BCUT2D eigenvalue weighted by Crippen LogP contribution is 2.28. The quantitative estimate of drug-likeness (QED) is 0.877. The van der Waals surface area contributed by atoms with E-state index in [2.05, 4.69) is 5.32 Å². The Labute approximate surface area is 107 Å². The molecule has 0 atom stereocenters. The van der Waals surface area contributed by atoms with Crippen molar-refractivity contribution < 1.29 is 9.59 Å². The zero-order valence-electron chi connectivity index (χ0n) is 10.8. The van der Waals surface area contributed by atoms with Crippen LogP contribution < -0.4 is 10.2 Å². The average molecular weight is 246 g/mol. The Morgan fingerprint density at radius 1 is 1.44 bits per heavy atom. The molecule has 0 aromatic heterocycles. The van der Waals surface area contributed by atoms with Crippen molar-refractivity contribution in [3.63, 3.8) is 0 Å². The molecule has 1 aliphatic heterocycles. The fourth-order valence-corrected chi connectivity index (χ4v) is 2.15. The van der Waals surface area contributed by atoms with E-state index in [-0.39, 0.29) is 11.8 Å². The minimum atomic E-state index is 0.0752. The van der Waals surface area contributed by atoms with E-state index in [1.54, 1.807) is 11.9 Å². The monoisotopic (exact) mass is 246 g/mol. The predicted molar refractivity (Wildman–Crippen MR) is 70.3 cm³/mol. The second kappa shape index (κ2) is 5.21. The molecule has 0 aliphatic carbocycles. The van der Waals surface area contributed by atoms with Gasteiger partial charge in [-0.3, -0.25) is 9.59 Å². The summed E-state index contributed by atoms with van der Waals surface area (Å²) in [4.78, 5) is 24.6. The standard InChI is InChI=1S/C14H18N2O2/c1-3-4-13(17)15-9-10-5-6-12-11(7-10)8-14(18)16(12)2/h5-7H,3-4,8-9H2,1-2H3,(H,15,17). The van der Waals surface area contributed by atoms with Crippen molar-refractivity contribution in [3.05, 3.63) is 29.3 Å². The van der Waals surface area contributed by atoms with Crippen LogP contribution in [-0.2, 0) is 22.6 Å². The van der Waals surface area contributed by atoms with E-state index in [4.69, 9.17) is 0 Å². The summed E-state index contributed by atoms with van der Waals surface area (Å²) in [5.74, 6) is 0.198. The van der Waals surface area contributed by atoms with Gasteiger partial charge < -0.3 is 10.2 Å². The van der Waals surface area contributed by atoms with Gasteiger partial charge in [-0.1, -0.05) is 19.1 Å². The maximum absolute atomic E-state index is 11.5. The average Bonchev–Trinajstić information content (AvgIpc) is 2.63. The lowest BCUT2D eigenvalue weighted by Crippen LogP contribution is -2.22. The smallest absolute Gasteiger partial charge is 0.231 e. The molecule has 0 bridgehead atoms. The van der Waals surface area contributed by atoms with E-state index in [9.17, 15) is 9.59 Å². The summed E-state index contributed by atoms with van der Waals surface area (Å²) in [6.07, 6.45) is 1.88. The van der Waals surface area contributed by atoms with E-state index in [1.807, 2.05) is 25.1 Å². The molecule has 2 rings (SSSR count). The third kappa shape index (κ3) is 2.53. The van der Waals surface area contributed by atoms with Gasteiger partial charge in [0.25, 0.3) is 0 Å². The van der Waals surface area contributed by atoms with Crippen molar-refractivity contribution in [2.75, 3.05) is 11.9 Å². The van der Waals surface area contributed by atoms with Gasteiger partial charge in [-0.25, -0.2) is 0 Å². The molecule has 96 valence electrons. The number of fused-ring (bicyclic) bond motifs is 1. The van der Waals surface area contributed by atoms with Crippen molar-refractivity contribution in [2.45, 2.75) is 32.7 Å². The molecule has 0 spiro atoms. The molecule has 4 heteroatoms. The van der Waals surface area contributed by atoms with E-state index >= 15 is 0 Å². The summed E-state index contributed by atoms with van der Waals surface area (Å²) >= 11 is 0. The first kappa shape index (κ1) is 12.6. The van der Waals surface area contributed by atoms with Gasteiger partial charge in [0.15, 0.2) is 0 Å². The van der Waals surface area contributed by atoms with Crippen LogP contribution in [0.3, 0.4) is 0 Å². The van der Waals surface area contributed by atoms with Gasteiger partial charge in [0, 0.05) is 25.7 Å². The highest BCUT2D eigenvalue weighted by Gasteiger charge is 2.23. The van der Waals surface area contributed by atoms with Crippen molar-refractivity contribution in [1.82, 2.24) is 5.32 Å². The largest absolute Gasteiger partial charge is 0.352 e. The fourth-order valence-electron chi connectivity index (χ4n) is 2.15. The normalized spacial score (nSPS) is 13.7. The van der Waals surface area contributed by atoms with E-state index in [1.165, 1.54) is 0 Å². The van der Waals surface area contributed by atoms with Gasteiger partial charge in [0.2, 0.25) is 11.8 Å². The molecular formula is C14H18N2O2. The van der Waals surface area contributed by atoms with Crippen LogP contribution in [0, 0.1) is 0 Å². The van der Waals surface area contributed by atoms with Crippen molar-refractivity contribution in [2.24, 2.45) is 0 Å². The fraction of sp³-hybridized carbons (Fsp3) is 0.429. The zero-order valence-corrected chi connectivity index (χ0v) is 10.8. The van der Waals surface area contributed by atoms with Crippen LogP contribution in [0.15, 0.2) is 18.2 Å². The van der Waals surface area contributed by atoms with Crippen LogP contribution in [0.4, 0.5) is 5.69 Å². The van der Waals surface area contributed by atoms with Crippen LogP contribution in [0.5, 0.6) is 0 Å². The number of benzene rings is 1. The molecule has 0 fully saturated rings. The lowest BCUT2D eigenvalue weighted by atomic mass is 10.1. The van der Waals surface area contributed by atoms with Crippen LogP contribution in [-0.4, -0.2) is 18.9 Å². The van der Waals surface area contributed by atoms with E-state index in [0.29, 0.717) is 19.4 Å². The Balaban J connectivity index is 2.03. The van der Waals surface area contributed by atoms with Crippen molar-refractivity contribution in [3.8, 4) is 0 Å². The second-order valence-electron chi connectivity index (χ2n) is 4.62. The Hall–Kier alpha value is -1.84. The molecule has 1 aromatic rings. The number of rotatable bonds is 4. The Bertz CT molecular complexity index is 483. The number of anilines is 1. The topological polar surface area (TPSA) is 49.4 Å². The number of likely N-dealkylation sites (N-methyl/N-ethyl adjacent to an activating group) is 1. The summed E-state index contributed by atoms with van der Waals surface area (Å²) in [5, 5.41) is 2.88. The third-order valence-electron chi connectivity index (χ3n) is 3.19. The van der Waals surface area contributed by atoms with Crippen molar-refractivity contribution in [1.29, 1.82) is 0 Å². The maximum Gasteiger partial charge on any atom is 0.231 e. The summed E-state index contributed by atoms with van der Waals surface area (Å²) in [7, 11) is 1.79. The predicted octanol–water partition coefficient (Wildman–Crippen LogP) is 1.62. The minimum absolute atomic E-state index is 0.0752. The van der Waals surface area contributed by atoms with Gasteiger partial charge >= 0.3 is 0 Å². The number of nitrogens with one attached hydrogen (secondary N) is 1. The van der Waals surface area contributed by atoms with Gasteiger partial charge in [0.05, 0.1) is 6.42 Å². The first-order chi connectivity index (χ1) is 8.61. The molecule has 1 heterocycles. The number of amides is 2. The third-order valence-corrected chi connectivity index (χ3v) is 3.19. The number of carbonyl (C=O) groups excluding carboxylic acids is 2. The van der Waals surface area contributed by atoms with Gasteiger partial charge in [0.1, 0.15) is 0 Å². The number of hydrogen-bond acceptors (Lipinski definition) is 2. The lowest BCUT2D eigenvalue weighted by molar-refractivity contribution is -0.121. The number of carbonyl (C=O) groups is 2. The molecular weight excluding hydrogens is 228 g/mol. The minimum Gasteiger partial charge on any atom is -0.352 e. The first-order valence-electron chi connectivity index (χ1n) is 6.27. The number of hydrogen-bond donors (Lipinski definition) is 1. The Kier molecular flexibility index (Phi) is 3.65. The van der Waals surface area contributed by atoms with Crippen LogP contribution in [0.2, 0.25) is 0 Å². The summed E-state index contributed by atoms with van der Waals surface area (Å²) in [6.45, 7) is 2.51. The summed E-state index contributed by atoms with van der Waals surface area (Å²) in [5.41, 5.74) is 3.06. The van der Waals surface area contributed by atoms with Gasteiger partial charge in [-0.05, 0) is 23.6 Å². The summed E-state index contributed by atoms with van der Waals surface area (Å²) < 4.78 is 0. The molecule has 1 aliphatic rings. The number of nitrogens with zero attached hydrogens (tertiary/aromatic N) is 1. The molecule has 2 amide bonds.